The van der Waals surface area contributed by atoms with Crippen molar-refractivity contribution in [3.05, 3.63) is 90.6 Å². The molecule has 1 heterocycles. The minimum atomic E-state index is -0.187. The van der Waals surface area contributed by atoms with E-state index in [2.05, 4.69) is 5.43 Å². The third kappa shape index (κ3) is 3.62. The highest BCUT2D eigenvalue weighted by Gasteiger charge is 2.22. The SMILES string of the molecule is COc1ccc(-c2c3ccccc3cc[n+]2NC(=O)c2ccccc2)cc1OC. The highest BCUT2D eigenvalue weighted by molar-refractivity contribution is 5.99. The first-order chi connectivity index (χ1) is 14.2. The van der Waals surface area contributed by atoms with Crippen molar-refractivity contribution in [1.29, 1.82) is 0 Å². The first-order valence-corrected chi connectivity index (χ1v) is 9.23. The van der Waals surface area contributed by atoms with E-state index >= 15 is 0 Å². The van der Waals surface area contributed by atoms with Crippen LogP contribution in [0.3, 0.4) is 0 Å². The van der Waals surface area contributed by atoms with E-state index in [0.29, 0.717) is 17.1 Å². The molecule has 0 aliphatic carbocycles. The summed E-state index contributed by atoms with van der Waals surface area (Å²) in [5.41, 5.74) is 5.33. The normalized spacial score (nSPS) is 10.6. The molecule has 0 atom stereocenters. The minimum Gasteiger partial charge on any atom is -0.493 e. The molecule has 29 heavy (non-hydrogen) atoms. The van der Waals surface area contributed by atoms with Crippen LogP contribution in [0.4, 0.5) is 0 Å². The molecule has 5 heteroatoms. The molecule has 0 fully saturated rings. The Morgan fingerprint density at radius 1 is 0.828 bits per heavy atom. The lowest BCUT2D eigenvalue weighted by Gasteiger charge is -2.11. The predicted molar refractivity (Wildman–Crippen MR) is 113 cm³/mol. The van der Waals surface area contributed by atoms with Gasteiger partial charge in [0.1, 0.15) is 0 Å². The molecular weight excluding hydrogens is 364 g/mol. The number of nitrogens with one attached hydrogen (secondary N) is 1. The summed E-state index contributed by atoms with van der Waals surface area (Å²) in [7, 11) is 3.21. The molecule has 4 rings (SSSR count). The quantitative estimate of drug-likeness (QED) is 0.524. The zero-order valence-electron chi connectivity index (χ0n) is 16.3. The third-order valence-electron chi connectivity index (χ3n) is 4.77. The molecule has 1 aromatic heterocycles. The van der Waals surface area contributed by atoms with Crippen molar-refractivity contribution in [2.45, 2.75) is 0 Å². The zero-order valence-corrected chi connectivity index (χ0v) is 16.3. The number of nitrogens with zero attached hydrogens (tertiary/aromatic N) is 1. The number of pyridine rings is 1. The van der Waals surface area contributed by atoms with Crippen LogP contribution in [0, 0.1) is 0 Å². The van der Waals surface area contributed by atoms with Crippen LogP contribution < -0.4 is 19.6 Å². The Bertz CT molecular complexity index is 1170. The Balaban J connectivity index is 1.87. The van der Waals surface area contributed by atoms with Gasteiger partial charge in [0, 0.05) is 11.6 Å². The molecular formula is C24H21N2O3+. The zero-order chi connectivity index (χ0) is 20.2. The van der Waals surface area contributed by atoms with Gasteiger partial charge in [-0.05, 0) is 41.8 Å². The van der Waals surface area contributed by atoms with Crippen molar-refractivity contribution in [2.24, 2.45) is 0 Å². The monoisotopic (exact) mass is 385 g/mol. The summed E-state index contributed by atoms with van der Waals surface area (Å²) in [4.78, 5) is 12.8. The lowest BCUT2D eigenvalue weighted by atomic mass is 10.0. The summed E-state index contributed by atoms with van der Waals surface area (Å²) < 4.78 is 12.6. The van der Waals surface area contributed by atoms with Crippen molar-refractivity contribution in [3.63, 3.8) is 0 Å². The van der Waals surface area contributed by atoms with Crippen molar-refractivity contribution < 1.29 is 18.9 Å². The molecule has 3 aromatic carbocycles. The van der Waals surface area contributed by atoms with E-state index in [9.17, 15) is 4.79 Å². The van der Waals surface area contributed by atoms with E-state index in [1.165, 1.54) is 0 Å². The fraction of sp³-hybridized carbons (Fsp3) is 0.0833. The molecule has 0 radical (unpaired) electrons. The maximum atomic E-state index is 12.8. The van der Waals surface area contributed by atoms with Gasteiger partial charge in [-0.15, -0.1) is 5.43 Å². The van der Waals surface area contributed by atoms with E-state index in [1.807, 2.05) is 72.9 Å². The second-order valence-electron chi connectivity index (χ2n) is 6.50. The highest BCUT2D eigenvalue weighted by Crippen LogP contribution is 2.33. The molecule has 1 amide bonds. The number of methoxy groups -OCH3 is 2. The summed E-state index contributed by atoms with van der Waals surface area (Å²) in [5.74, 6) is 1.09. The largest absolute Gasteiger partial charge is 0.493 e. The maximum absolute atomic E-state index is 12.8. The van der Waals surface area contributed by atoms with Crippen molar-refractivity contribution in [3.8, 4) is 22.8 Å². The molecule has 0 unspecified atom stereocenters. The summed E-state index contributed by atoms with van der Waals surface area (Å²) in [6.07, 6.45) is 1.86. The minimum absolute atomic E-state index is 0.187. The molecule has 1 N–H and O–H groups in total. The van der Waals surface area contributed by atoms with E-state index in [-0.39, 0.29) is 5.91 Å². The van der Waals surface area contributed by atoms with Gasteiger partial charge in [0.2, 0.25) is 6.20 Å². The number of carbonyl (C=O) groups excluding carboxylic acids is 1. The van der Waals surface area contributed by atoms with Gasteiger partial charge in [0.25, 0.3) is 5.69 Å². The first-order valence-electron chi connectivity index (χ1n) is 9.23. The maximum Gasteiger partial charge on any atom is 0.305 e. The van der Waals surface area contributed by atoms with Crippen LogP contribution in [0.25, 0.3) is 22.0 Å². The molecule has 0 saturated carbocycles. The second kappa shape index (κ2) is 8.02. The standard InChI is InChI=1S/C24H20N2O3/c1-28-21-13-12-19(16-22(21)29-2)23-20-11-7-6-8-17(20)14-15-26(23)25-24(27)18-9-4-3-5-10-18/h3-16H,1-2H3/p+1. The lowest BCUT2D eigenvalue weighted by Crippen LogP contribution is -2.49. The first kappa shape index (κ1) is 18.5. The van der Waals surface area contributed by atoms with Crippen LogP contribution in [-0.2, 0) is 0 Å². The Labute approximate surface area is 169 Å². The number of hydrogen-bond acceptors (Lipinski definition) is 3. The average Bonchev–Trinajstić information content (AvgIpc) is 2.79. The van der Waals surface area contributed by atoms with Crippen LogP contribution in [0.15, 0.2) is 85.1 Å². The van der Waals surface area contributed by atoms with Crippen LogP contribution >= 0.6 is 0 Å². The molecule has 0 spiro atoms. The number of benzene rings is 3. The van der Waals surface area contributed by atoms with Gasteiger partial charge in [-0.2, -0.15) is 0 Å². The number of rotatable bonds is 5. The molecule has 0 aliphatic rings. The van der Waals surface area contributed by atoms with E-state index in [0.717, 1.165) is 22.0 Å². The van der Waals surface area contributed by atoms with E-state index in [4.69, 9.17) is 9.47 Å². The van der Waals surface area contributed by atoms with Gasteiger partial charge < -0.3 is 9.47 Å². The number of amides is 1. The Kier molecular flexibility index (Phi) is 5.12. The van der Waals surface area contributed by atoms with Crippen LogP contribution in [-0.4, -0.2) is 20.1 Å². The summed E-state index contributed by atoms with van der Waals surface area (Å²) in [5, 5.41) is 2.08. The van der Waals surface area contributed by atoms with E-state index in [1.54, 1.807) is 31.0 Å². The topological polar surface area (TPSA) is 51.4 Å². The van der Waals surface area contributed by atoms with Crippen LogP contribution in [0.5, 0.6) is 11.5 Å². The second-order valence-corrected chi connectivity index (χ2v) is 6.50. The highest BCUT2D eigenvalue weighted by atomic mass is 16.5. The number of hydrogen-bond donors (Lipinski definition) is 1. The summed E-state index contributed by atoms with van der Waals surface area (Å²) in [6, 6.07) is 24.9. The Morgan fingerprint density at radius 2 is 1.55 bits per heavy atom. The van der Waals surface area contributed by atoms with E-state index < -0.39 is 0 Å². The molecule has 0 bridgehead atoms. The van der Waals surface area contributed by atoms with Crippen molar-refractivity contribution in [1.82, 2.24) is 0 Å². The van der Waals surface area contributed by atoms with Crippen molar-refractivity contribution in [2.75, 3.05) is 19.6 Å². The van der Waals surface area contributed by atoms with Crippen LogP contribution in [0.1, 0.15) is 10.4 Å². The molecule has 5 nitrogen and oxygen atoms in total. The smallest absolute Gasteiger partial charge is 0.305 e. The molecule has 144 valence electrons. The molecule has 0 aliphatic heterocycles. The number of fused-ring (bicyclic) bond motifs is 1. The fourth-order valence-electron chi connectivity index (χ4n) is 3.35. The Hall–Kier alpha value is -3.86. The number of aromatic nitrogens is 1. The summed E-state index contributed by atoms with van der Waals surface area (Å²) >= 11 is 0. The fourth-order valence-corrected chi connectivity index (χ4v) is 3.35. The number of carbonyl (C=O) groups is 1. The van der Waals surface area contributed by atoms with Gasteiger partial charge in [0.05, 0.1) is 25.2 Å². The predicted octanol–water partition coefficient (Wildman–Crippen LogP) is 4.20. The van der Waals surface area contributed by atoms with Gasteiger partial charge in [0.15, 0.2) is 11.5 Å². The lowest BCUT2D eigenvalue weighted by molar-refractivity contribution is -0.628. The molecule has 4 aromatic rings. The summed E-state index contributed by atoms with van der Waals surface area (Å²) in [6.45, 7) is 0. The van der Waals surface area contributed by atoms with Gasteiger partial charge in [-0.25, -0.2) is 0 Å². The Morgan fingerprint density at radius 3 is 2.31 bits per heavy atom. The number of ether oxygens (including phenoxy) is 2. The van der Waals surface area contributed by atoms with Gasteiger partial charge >= 0.3 is 5.91 Å². The average molecular weight is 385 g/mol. The third-order valence-corrected chi connectivity index (χ3v) is 4.77. The van der Waals surface area contributed by atoms with Crippen LogP contribution in [0.2, 0.25) is 0 Å². The van der Waals surface area contributed by atoms with Gasteiger partial charge in [-0.1, -0.05) is 41.1 Å². The molecule has 0 saturated heterocycles. The van der Waals surface area contributed by atoms with Crippen molar-refractivity contribution >= 4 is 16.7 Å². The van der Waals surface area contributed by atoms with Gasteiger partial charge in [-0.3, -0.25) is 4.79 Å².